The van der Waals surface area contributed by atoms with E-state index in [-0.39, 0.29) is 5.91 Å². The van der Waals surface area contributed by atoms with E-state index in [1.165, 1.54) is 7.11 Å². The molecule has 0 saturated heterocycles. The second kappa shape index (κ2) is 4.41. The van der Waals surface area contributed by atoms with Gasteiger partial charge in [-0.1, -0.05) is 0 Å². The van der Waals surface area contributed by atoms with Gasteiger partial charge in [0.1, 0.15) is 5.41 Å². The van der Waals surface area contributed by atoms with E-state index >= 15 is 0 Å². The fourth-order valence-electron chi connectivity index (χ4n) is 1.28. The second-order valence-electron chi connectivity index (χ2n) is 3.32. The Morgan fingerprint density at radius 3 is 2.43 bits per heavy atom. The predicted octanol–water partition coefficient (Wildman–Crippen LogP) is -0.298. The molecule has 1 amide bonds. The Labute approximate surface area is 82.8 Å². The smallest absolute Gasteiger partial charge is 0.321 e. The van der Waals surface area contributed by atoms with Gasteiger partial charge in [0.05, 0.1) is 13.7 Å². The highest BCUT2D eigenvalue weighted by molar-refractivity contribution is 6.05. The van der Waals surface area contributed by atoms with Crippen LogP contribution in [0.25, 0.3) is 0 Å². The molecular formula is C9H15NO4. The maximum Gasteiger partial charge on any atom is 0.321 e. The molecule has 1 aliphatic carbocycles. The van der Waals surface area contributed by atoms with Crippen molar-refractivity contribution in [2.75, 3.05) is 27.4 Å². The summed E-state index contributed by atoms with van der Waals surface area (Å²) in [5.74, 6) is -0.686. The van der Waals surface area contributed by atoms with Crippen LogP contribution < -0.4 is 5.32 Å². The lowest BCUT2D eigenvalue weighted by Gasteiger charge is -2.12. The molecule has 0 aromatic heterocycles. The fourth-order valence-corrected chi connectivity index (χ4v) is 1.28. The van der Waals surface area contributed by atoms with Crippen LogP contribution in [0.4, 0.5) is 0 Å². The summed E-state index contributed by atoms with van der Waals surface area (Å²) < 4.78 is 9.36. The monoisotopic (exact) mass is 201 g/mol. The summed E-state index contributed by atoms with van der Waals surface area (Å²) >= 11 is 0. The van der Waals surface area contributed by atoms with Crippen molar-refractivity contribution in [2.24, 2.45) is 5.41 Å². The summed E-state index contributed by atoms with van der Waals surface area (Å²) in [4.78, 5) is 22.8. The highest BCUT2D eigenvalue weighted by atomic mass is 16.5. The van der Waals surface area contributed by atoms with E-state index in [0.29, 0.717) is 26.0 Å². The number of esters is 1. The Kier molecular flexibility index (Phi) is 3.46. The van der Waals surface area contributed by atoms with Crippen molar-refractivity contribution in [1.82, 2.24) is 5.32 Å². The average Bonchev–Trinajstić information content (AvgIpc) is 2.98. The molecule has 5 nitrogen and oxygen atoms in total. The Morgan fingerprint density at radius 1 is 1.36 bits per heavy atom. The number of hydrogen-bond donors (Lipinski definition) is 1. The number of carbonyl (C=O) groups is 2. The number of hydrogen-bond acceptors (Lipinski definition) is 4. The van der Waals surface area contributed by atoms with E-state index in [1.807, 2.05) is 0 Å². The van der Waals surface area contributed by atoms with Gasteiger partial charge in [-0.15, -0.1) is 0 Å². The van der Waals surface area contributed by atoms with Crippen molar-refractivity contribution in [3.63, 3.8) is 0 Å². The molecule has 1 rings (SSSR count). The van der Waals surface area contributed by atoms with E-state index in [1.54, 1.807) is 7.11 Å². The van der Waals surface area contributed by atoms with Crippen LogP contribution in [-0.2, 0) is 19.1 Å². The molecule has 0 aliphatic heterocycles. The van der Waals surface area contributed by atoms with Crippen LogP contribution in [-0.4, -0.2) is 39.2 Å². The highest BCUT2D eigenvalue weighted by Crippen LogP contribution is 2.46. The Bertz CT molecular complexity index is 235. The van der Waals surface area contributed by atoms with Crippen LogP contribution in [0.2, 0.25) is 0 Å². The minimum Gasteiger partial charge on any atom is -0.468 e. The molecule has 80 valence electrons. The van der Waals surface area contributed by atoms with Gasteiger partial charge in [-0.05, 0) is 12.8 Å². The molecule has 1 aliphatic rings. The van der Waals surface area contributed by atoms with Gasteiger partial charge in [0.15, 0.2) is 0 Å². The minimum atomic E-state index is -0.900. The maximum absolute atomic E-state index is 11.5. The zero-order chi connectivity index (χ0) is 10.6. The minimum absolute atomic E-state index is 0.249. The molecule has 0 aromatic rings. The van der Waals surface area contributed by atoms with Gasteiger partial charge in [0.25, 0.3) is 0 Å². The van der Waals surface area contributed by atoms with Gasteiger partial charge in [-0.3, -0.25) is 9.59 Å². The SMILES string of the molecule is COCCNC(=O)C1(C(=O)OC)CC1. The normalized spacial score (nSPS) is 17.3. The lowest BCUT2D eigenvalue weighted by Crippen LogP contribution is -2.39. The Morgan fingerprint density at radius 2 is 2.00 bits per heavy atom. The Balaban J connectivity index is 2.40. The number of nitrogens with one attached hydrogen (secondary N) is 1. The van der Waals surface area contributed by atoms with Gasteiger partial charge in [-0.25, -0.2) is 0 Å². The number of rotatable bonds is 5. The van der Waals surface area contributed by atoms with Crippen LogP contribution in [0.1, 0.15) is 12.8 Å². The molecule has 1 fully saturated rings. The third kappa shape index (κ3) is 2.04. The van der Waals surface area contributed by atoms with Crippen LogP contribution >= 0.6 is 0 Å². The third-order valence-corrected chi connectivity index (χ3v) is 2.35. The lowest BCUT2D eigenvalue weighted by molar-refractivity contribution is -0.152. The zero-order valence-corrected chi connectivity index (χ0v) is 8.46. The molecule has 1 N–H and O–H groups in total. The first kappa shape index (κ1) is 11.0. The Hall–Kier alpha value is -1.10. The molecule has 0 spiro atoms. The van der Waals surface area contributed by atoms with Crippen LogP contribution in [0.5, 0.6) is 0 Å². The first-order valence-electron chi connectivity index (χ1n) is 4.53. The van der Waals surface area contributed by atoms with Crippen molar-refractivity contribution in [1.29, 1.82) is 0 Å². The van der Waals surface area contributed by atoms with E-state index in [2.05, 4.69) is 10.1 Å². The average molecular weight is 201 g/mol. The number of amides is 1. The van der Waals surface area contributed by atoms with Gasteiger partial charge >= 0.3 is 5.97 Å². The van der Waals surface area contributed by atoms with E-state index < -0.39 is 11.4 Å². The molecule has 0 unspecified atom stereocenters. The third-order valence-electron chi connectivity index (χ3n) is 2.35. The summed E-state index contributed by atoms with van der Waals surface area (Å²) in [5, 5.41) is 2.64. The molecule has 5 heteroatoms. The predicted molar refractivity (Wildman–Crippen MR) is 48.6 cm³/mol. The molecular weight excluding hydrogens is 186 g/mol. The van der Waals surface area contributed by atoms with Crippen molar-refractivity contribution in [3.05, 3.63) is 0 Å². The van der Waals surface area contributed by atoms with E-state index in [4.69, 9.17) is 4.74 Å². The second-order valence-corrected chi connectivity index (χ2v) is 3.32. The summed E-state index contributed by atoms with van der Waals surface area (Å²) in [6.07, 6.45) is 1.16. The first-order chi connectivity index (χ1) is 6.67. The summed E-state index contributed by atoms with van der Waals surface area (Å²) in [6.45, 7) is 0.872. The first-order valence-corrected chi connectivity index (χ1v) is 4.53. The molecule has 0 aromatic carbocycles. The van der Waals surface area contributed by atoms with E-state index in [0.717, 1.165) is 0 Å². The molecule has 0 radical (unpaired) electrons. The van der Waals surface area contributed by atoms with Gasteiger partial charge in [0.2, 0.25) is 5.91 Å². The summed E-state index contributed by atoms with van der Waals surface area (Å²) in [5.41, 5.74) is -0.900. The van der Waals surface area contributed by atoms with Crippen molar-refractivity contribution in [2.45, 2.75) is 12.8 Å². The van der Waals surface area contributed by atoms with Gasteiger partial charge in [0, 0.05) is 13.7 Å². The standard InChI is InChI=1S/C9H15NO4/c1-13-6-5-10-7(11)9(3-4-9)8(12)14-2/h3-6H2,1-2H3,(H,10,11). The van der Waals surface area contributed by atoms with Gasteiger partial charge in [-0.2, -0.15) is 0 Å². The molecule has 14 heavy (non-hydrogen) atoms. The van der Waals surface area contributed by atoms with Crippen molar-refractivity contribution >= 4 is 11.9 Å². The molecule has 0 bridgehead atoms. The van der Waals surface area contributed by atoms with E-state index in [9.17, 15) is 9.59 Å². The van der Waals surface area contributed by atoms with Crippen molar-refractivity contribution < 1.29 is 19.1 Å². The molecule has 1 saturated carbocycles. The number of carbonyl (C=O) groups excluding carboxylic acids is 2. The fraction of sp³-hybridized carbons (Fsp3) is 0.778. The summed E-state index contributed by atoms with van der Waals surface area (Å²) in [6, 6.07) is 0. The lowest BCUT2D eigenvalue weighted by atomic mass is 10.1. The number of ether oxygens (including phenoxy) is 2. The zero-order valence-electron chi connectivity index (χ0n) is 8.46. The highest BCUT2D eigenvalue weighted by Gasteiger charge is 2.57. The summed E-state index contributed by atoms with van der Waals surface area (Å²) in [7, 11) is 2.85. The van der Waals surface area contributed by atoms with Crippen LogP contribution in [0.3, 0.4) is 0 Å². The largest absolute Gasteiger partial charge is 0.468 e. The topological polar surface area (TPSA) is 64.6 Å². The van der Waals surface area contributed by atoms with Crippen LogP contribution in [0, 0.1) is 5.41 Å². The molecule has 0 heterocycles. The van der Waals surface area contributed by atoms with Gasteiger partial charge < -0.3 is 14.8 Å². The maximum atomic E-state index is 11.5. The molecule has 0 atom stereocenters. The quantitative estimate of drug-likeness (QED) is 0.377. The van der Waals surface area contributed by atoms with Crippen molar-refractivity contribution in [3.8, 4) is 0 Å². The van der Waals surface area contributed by atoms with Crippen LogP contribution in [0.15, 0.2) is 0 Å². The number of methoxy groups -OCH3 is 2.